The highest BCUT2D eigenvalue weighted by atomic mass is 32.2. The van der Waals surface area contributed by atoms with Crippen molar-refractivity contribution >= 4 is 21.8 Å². The standard InChI is InChI=1S/C28H28F3N3O2S2/c1-2-18-34-26(22-13-7-4-8-14-22)25(21-11-5-3-6-12-21)33-27(34)37-19-10-17-32-38(35,36)24-16-9-15-23(20-24)28(29,30)31/h3-9,11-16,20,32H,2,10,17-19H2,1H3. The second-order valence-electron chi connectivity index (χ2n) is 8.60. The number of benzene rings is 3. The third kappa shape index (κ3) is 6.67. The molecule has 0 fully saturated rings. The average molecular weight is 560 g/mol. The Morgan fingerprint density at radius 3 is 2.21 bits per heavy atom. The summed E-state index contributed by atoms with van der Waals surface area (Å²) in [4.78, 5) is 4.58. The van der Waals surface area contributed by atoms with Gasteiger partial charge < -0.3 is 4.57 Å². The fraction of sp³-hybridized carbons (Fsp3) is 0.250. The summed E-state index contributed by atoms with van der Waals surface area (Å²) in [5, 5.41) is 0.838. The number of halogens is 3. The number of hydrogen-bond donors (Lipinski definition) is 1. The molecule has 0 spiro atoms. The molecule has 3 aromatic carbocycles. The molecule has 0 aliphatic carbocycles. The molecule has 200 valence electrons. The molecule has 0 atom stereocenters. The van der Waals surface area contributed by atoms with Gasteiger partial charge in [0.25, 0.3) is 0 Å². The summed E-state index contributed by atoms with van der Waals surface area (Å²) in [5.41, 5.74) is 3.00. The maximum absolute atomic E-state index is 13.0. The van der Waals surface area contributed by atoms with Crippen LogP contribution in [0.3, 0.4) is 0 Å². The van der Waals surface area contributed by atoms with Crippen LogP contribution >= 0.6 is 11.8 Å². The van der Waals surface area contributed by atoms with Crippen molar-refractivity contribution in [2.24, 2.45) is 0 Å². The molecule has 38 heavy (non-hydrogen) atoms. The van der Waals surface area contributed by atoms with Crippen LogP contribution in [0.1, 0.15) is 25.3 Å². The predicted molar refractivity (Wildman–Crippen MR) is 145 cm³/mol. The lowest BCUT2D eigenvalue weighted by Gasteiger charge is -2.12. The maximum atomic E-state index is 13.0. The number of rotatable bonds is 11. The molecule has 1 heterocycles. The van der Waals surface area contributed by atoms with E-state index in [0.29, 0.717) is 18.2 Å². The van der Waals surface area contributed by atoms with Crippen molar-refractivity contribution in [1.29, 1.82) is 0 Å². The Balaban J connectivity index is 1.49. The normalized spacial score (nSPS) is 12.1. The van der Waals surface area contributed by atoms with Crippen molar-refractivity contribution in [2.75, 3.05) is 12.3 Å². The van der Waals surface area contributed by atoms with Gasteiger partial charge in [-0.3, -0.25) is 0 Å². The summed E-state index contributed by atoms with van der Waals surface area (Å²) in [6.45, 7) is 2.97. The highest BCUT2D eigenvalue weighted by Crippen LogP contribution is 2.36. The zero-order valence-corrected chi connectivity index (χ0v) is 22.4. The SMILES string of the molecule is CCCn1c(SCCCNS(=O)(=O)c2cccc(C(F)(F)F)c2)nc(-c2ccccc2)c1-c1ccccc1. The van der Waals surface area contributed by atoms with E-state index in [9.17, 15) is 21.6 Å². The Morgan fingerprint density at radius 1 is 0.921 bits per heavy atom. The molecule has 0 aliphatic rings. The van der Waals surface area contributed by atoms with Gasteiger partial charge in [0.15, 0.2) is 5.16 Å². The first kappa shape index (κ1) is 27.9. The fourth-order valence-corrected chi connectivity index (χ4v) is 6.11. The summed E-state index contributed by atoms with van der Waals surface area (Å²) in [7, 11) is -4.06. The van der Waals surface area contributed by atoms with Gasteiger partial charge in [-0.25, -0.2) is 18.1 Å². The quantitative estimate of drug-likeness (QED) is 0.157. The minimum absolute atomic E-state index is 0.0944. The largest absolute Gasteiger partial charge is 0.416 e. The highest BCUT2D eigenvalue weighted by molar-refractivity contribution is 7.99. The third-order valence-electron chi connectivity index (χ3n) is 5.79. The zero-order chi connectivity index (χ0) is 27.2. The predicted octanol–water partition coefficient (Wildman–Crippen LogP) is 7.11. The van der Waals surface area contributed by atoms with Crippen LogP contribution in [0, 0.1) is 0 Å². The van der Waals surface area contributed by atoms with E-state index < -0.39 is 26.7 Å². The lowest BCUT2D eigenvalue weighted by atomic mass is 10.0. The molecule has 0 bridgehead atoms. The van der Waals surface area contributed by atoms with Crippen LogP contribution in [0.2, 0.25) is 0 Å². The van der Waals surface area contributed by atoms with Crippen LogP contribution in [0.4, 0.5) is 13.2 Å². The molecule has 10 heteroatoms. The maximum Gasteiger partial charge on any atom is 0.416 e. The first-order chi connectivity index (χ1) is 18.2. The smallest absolute Gasteiger partial charge is 0.318 e. The molecule has 4 rings (SSSR count). The Kier molecular flexibility index (Phi) is 8.96. The van der Waals surface area contributed by atoms with Crippen LogP contribution in [0.15, 0.2) is 95.0 Å². The number of nitrogens with one attached hydrogen (secondary N) is 1. The lowest BCUT2D eigenvalue weighted by Crippen LogP contribution is -2.25. The second kappa shape index (κ2) is 12.2. The molecule has 0 aliphatic heterocycles. The van der Waals surface area contributed by atoms with E-state index in [0.717, 1.165) is 58.8 Å². The highest BCUT2D eigenvalue weighted by Gasteiger charge is 2.31. The molecule has 5 nitrogen and oxygen atoms in total. The topological polar surface area (TPSA) is 64.0 Å². The average Bonchev–Trinajstić information content (AvgIpc) is 3.27. The van der Waals surface area contributed by atoms with Gasteiger partial charge in [-0.05, 0) is 31.0 Å². The first-order valence-electron chi connectivity index (χ1n) is 12.2. The van der Waals surface area contributed by atoms with Crippen molar-refractivity contribution < 1.29 is 21.6 Å². The van der Waals surface area contributed by atoms with Crippen molar-refractivity contribution in [1.82, 2.24) is 14.3 Å². The number of nitrogens with zero attached hydrogens (tertiary/aromatic N) is 2. The van der Waals surface area contributed by atoms with Gasteiger partial charge in [0.2, 0.25) is 10.0 Å². The minimum Gasteiger partial charge on any atom is -0.318 e. The number of sulfonamides is 1. The van der Waals surface area contributed by atoms with Crippen LogP contribution in [-0.4, -0.2) is 30.3 Å². The monoisotopic (exact) mass is 559 g/mol. The lowest BCUT2D eigenvalue weighted by molar-refractivity contribution is -0.137. The van der Waals surface area contributed by atoms with E-state index in [1.165, 1.54) is 11.8 Å². The Labute approximate surface area is 225 Å². The van der Waals surface area contributed by atoms with E-state index in [-0.39, 0.29) is 6.54 Å². The van der Waals surface area contributed by atoms with Gasteiger partial charge in [-0.1, -0.05) is 85.4 Å². The van der Waals surface area contributed by atoms with Crippen molar-refractivity contribution in [3.63, 3.8) is 0 Å². The summed E-state index contributed by atoms with van der Waals surface area (Å²) in [6, 6.07) is 23.8. The van der Waals surface area contributed by atoms with Crippen LogP contribution < -0.4 is 4.72 Å². The van der Waals surface area contributed by atoms with Gasteiger partial charge in [0, 0.05) is 30.0 Å². The molecule has 0 amide bonds. The van der Waals surface area contributed by atoms with Crippen molar-refractivity contribution in [2.45, 2.75) is 42.5 Å². The molecule has 1 N–H and O–H groups in total. The van der Waals surface area contributed by atoms with Gasteiger partial charge in [0.1, 0.15) is 0 Å². The van der Waals surface area contributed by atoms with Gasteiger partial charge in [0.05, 0.1) is 21.8 Å². The first-order valence-corrected chi connectivity index (χ1v) is 14.7. The molecule has 0 saturated carbocycles. The van der Waals surface area contributed by atoms with Gasteiger partial charge in [-0.15, -0.1) is 0 Å². The van der Waals surface area contributed by atoms with E-state index >= 15 is 0 Å². The van der Waals surface area contributed by atoms with Gasteiger partial charge >= 0.3 is 6.18 Å². The number of hydrogen-bond acceptors (Lipinski definition) is 4. The fourth-order valence-electron chi connectivity index (χ4n) is 4.02. The molecular formula is C28H28F3N3O2S2. The zero-order valence-electron chi connectivity index (χ0n) is 20.8. The second-order valence-corrected chi connectivity index (χ2v) is 11.4. The third-order valence-corrected chi connectivity index (χ3v) is 8.31. The van der Waals surface area contributed by atoms with E-state index in [1.54, 1.807) is 0 Å². The van der Waals surface area contributed by atoms with E-state index in [1.807, 2.05) is 48.5 Å². The summed E-state index contributed by atoms with van der Waals surface area (Å²) < 4.78 is 68.6. The van der Waals surface area contributed by atoms with Crippen LogP contribution in [-0.2, 0) is 22.7 Å². The number of imidazole rings is 1. The Hall–Kier alpha value is -3.08. The summed E-state index contributed by atoms with van der Waals surface area (Å²) >= 11 is 1.53. The van der Waals surface area contributed by atoms with Gasteiger partial charge in [-0.2, -0.15) is 13.2 Å². The molecule has 0 saturated heterocycles. The Morgan fingerprint density at radius 2 is 1.58 bits per heavy atom. The molecule has 0 unspecified atom stereocenters. The van der Waals surface area contributed by atoms with Crippen LogP contribution in [0.5, 0.6) is 0 Å². The number of aromatic nitrogens is 2. The van der Waals surface area contributed by atoms with Crippen molar-refractivity contribution in [3.05, 3.63) is 90.5 Å². The summed E-state index contributed by atoms with van der Waals surface area (Å²) in [6.07, 6.45) is -3.22. The van der Waals surface area contributed by atoms with Crippen molar-refractivity contribution in [3.8, 4) is 22.5 Å². The molecule has 1 aromatic heterocycles. The van der Waals surface area contributed by atoms with E-state index in [2.05, 4.69) is 28.3 Å². The molecule has 0 radical (unpaired) electrons. The van der Waals surface area contributed by atoms with E-state index in [4.69, 9.17) is 4.98 Å². The molecule has 4 aromatic rings. The summed E-state index contributed by atoms with van der Waals surface area (Å²) in [5.74, 6) is 0.578. The van der Waals surface area contributed by atoms with Crippen LogP contribution in [0.25, 0.3) is 22.5 Å². The number of alkyl halides is 3. The molecular weight excluding hydrogens is 531 g/mol. The number of thioether (sulfide) groups is 1. The minimum atomic E-state index is -4.61. The Bertz CT molecular complexity index is 1460.